The fourth-order valence-electron chi connectivity index (χ4n) is 1.91. The number of hydrogen-bond acceptors (Lipinski definition) is 5. The molecular formula is C13H9FN4O3. The molecule has 0 unspecified atom stereocenters. The van der Waals surface area contributed by atoms with E-state index in [4.69, 9.17) is 4.52 Å². The molecule has 3 aromatic rings. The Bertz CT molecular complexity index is 779. The predicted molar refractivity (Wildman–Crippen MR) is 69.9 cm³/mol. The number of aromatic nitrogens is 3. The maximum absolute atomic E-state index is 12.9. The number of halogens is 1. The van der Waals surface area contributed by atoms with Crippen LogP contribution >= 0.6 is 0 Å². The van der Waals surface area contributed by atoms with Gasteiger partial charge in [0, 0.05) is 11.6 Å². The zero-order valence-corrected chi connectivity index (χ0v) is 10.6. The minimum Gasteiger partial charge on any atom is -0.390 e. The third-order valence-corrected chi connectivity index (χ3v) is 2.88. The van der Waals surface area contributed by atoms with Gasteiger partial charge in [-0.2, -0.15) is 0 Å². The summed E-state index contributed by atoms with van der Waals surface area (Å²) in [5.41, 5.74) is 1.24. The van der Waals surface area contributed by atoms with E-state index in [0.29, 0.717) is 17.0 Å². The first-order valence-electron chi connectivity index (χ1n) is 6.00. The second-order valence-electron chi connectivity index (χ2n) is 4.30. The lowest BCUT2D eigenvalue weighted by Gasteiger charge is -1.97. The topological polar surface area (TPSA) is 87.0 Å². The molecular weight excluding hydrogens is 279 g/mol. The summed E-state index contributed by atoms with van der Waals surface area (Å²) < 4.78 is 19.3. The first kappa shape index (κ1) is 13.0. The minimum absolute atomic E-state index is 0.143. The number of benzene rings is 1. The highest BCUT2D eigenvalue weighted by atomic mass is 19.1. The van der Waals surface area contributed by atoms with Crippen LogP contribution in [0.4, 0.5) is 10.3 Å². The molecule has 0 spiro atoms. The van der Waals surface area contributed by atoms with Gasteiger partial charge in [-0.05, 0) is 29.2 Å². The average molecular weight is 288 g/mol. The summed E-state index contributed by atoms with van der Waals surface area (Å²) in [5.74, 6) is -0.165. The highest BCUT2D eigenvalue weighted by Crippen LogP contribution is 2.20. The number of imidazole rings is 1. The summed E-state index contributed by atoms with van der Waals surface area (Å²) in [4.78, 5) is 13.8. The molecule has 2 heterocycles. The van der Waals surface area contributed by atoms with Crippen molar-refractivity contribution in [3.63, 3.8) is 0 Å². The van der Waals surface area contributed by atoms with Crippen molar-refractivity contribution >= 4 is 5.95 Å². The van der Waals surface area contributed by atoms with Crippen molar-refractivity contribution < 1.29 is 13.8 Å². The van der Waals surface area contributed by atoms with Crippen molar-refractivity contribution in [3.05, 3.63) is 64.4 Å². The summed E-state index contributed by atoms with van der Waals surface area (Å²) >= 11 is 0. The van der Waals surface area contributed by atoms with Gasteiger partial charge in [-0.15, -0.1) is 0 Å². The smallest absolute Gasteiger partial charge is 0.390 e. The van der Waals surface area contributed by atoms with Gasteiger partial charge >= 0.3 is 5.95 Å². The fraction of sp³-hybridized carbons (Fsp3) is 0.0769. The van der Waals surface area contributed by atoms with Crippen LogP contribution in [0.15, 0.2) is 47.2 Å². The van der Waals surface area contributed by atoms with E-state index in [-0.39, 0.29) is 18.3 Å². The van der Waals surface area contributed by atoms with Gasteiger partial charge in [-0.1, -0.05) is 10.1 Å². The van der Waals surface area contributed by atoms with E-state index in [1.54, 1.807) is 18.2 Å². The van der Waals surface area contributed by atoms with Crippen LogP contribution in [0.25, 0.3) is 11.3 Å². The molecule has 106 valence electrons. The zero-order valence-electron chi connectivity index (χ0n) is 10.6. The van der Waals surface area contributed by atoms with Gasteiger partial charge in [0.1, 0.15) is 30.4 Å². The summed E-state index contributed by atoms with van der Waals surface area (Å²) in [5, 5.41) is 14.6. The van der Waals surface area contributed by atoms with Crippen molar-refractivity contribution in [2.75, 3.05) is 0 Å². The Labute approximate surface area is 117 Å². The first-order chi connectivity index (χ1) is 10.1. The molecule has 0 N–H and O–H groups in total. The number of nitrogens with zero attached hydrogens (tertiary/aromatic N) is 4. The molecule has 0 bridgehead atoms. The standard InChI is InChI=1S/C13H9FN4O3/c14-10-3-1-9(2-4-10)12-7-11(21-16-12)8-17-6-5-15-13(17)18(19)20/h1-7H,8H2. The Morgan fingerprint density at radius 3 is 2.81 bits per heavy atom. The molecule has 7 nitrogen and oxygen atoms in total. The Kier molecular flexibility index (Phi) is 3.19. The third kappa shape index (κ3) is 2.64. The van der Waals surface area contributed by atoms with Crippen LogP contribution in [0.1, 0.15) is 5.76 Å². The van der Waals surface area contributed by atoms with Gasteiger partial charge in [-0.25, -0.2) is 8.96 Å². The number of nitro groups is 1. The van der Waals surface area contributed by atoms with Crippen LogP contribution in [-0.2, 0) is 6.54 Å². The molecule has 0 saturated carbocycles. The van der Waals surface area contributed by atoms with Gasteiger partial charge in [0.25, 0.3) is 0 Å². The molecule has 21 heavy (non-hydrogen) atoms. The van der Waals surface area contributed by atoms with Crippen molar-refractivity contribution in [2.45, 2.75) is 6.54 Å². The molecule has 0 fully saturated rings. The molecule has 0 saturated heterocycles. The normalized spacial score (nSPS) is 10.7. The van der Waals surface area contributed by atoms with E-state index in [0.717, 1.165) is 0 Å². The van der Waals surface area contributed by atoms with Crippen LogP contribution < -0.4 is 0 Å². The summed E-state index contributed by atoms with van der Waals surface area (Å²) in [7, 11) is 0. The van der Waals surface area contributed by atoms with Crippen LogP contribution in [0.3, 0.4) is 0 Å². The fourth-order valence-corrected chi connectivity index (χ4v) is 1.91. The van der Waals surface area contributed by atoms with Crippen LogP contribution in [-0.4, -0.2) is 19.6 Å². The van der Waals surface area contributed by atoms with E-state index in [1.807, 2.05) is 0 Å². The number of hydrogen-bond donors (Lipinski definition) is 0. The highest BCUT2D eigenvalue weighted by molar-refractivity contribution is 5.58. The van der Waals surface area contributed by atoms with E-state index in [2.05, 4.69) is 10.1 Å². The second kappa shape index (κ2) is 5.16. The average Bonchev–Trinajstić information content (AvgIpc) is 3.09. The second-order valence-corrected chi connectivity index (χ2v) is 4.30. The van der Waals surface area contributed by atoms with Crippen molar-refractivity contribution in [1.29, 1.82) is 0 Å². The molecule has 1 aromatic carbocycles. The van der Waals surface area contributed by atoms with Crippen LogP contribution in [0.5, 0.6) is 0 Å². The SMILES string of the molecule is O=[N+]([O-])c1nccn1Cc1cc(-c2ccc(F)cc2)no1. The van der Waals surface area contributed by atoms with Crippen LogP contribution in [0.2, 0.25) is 0 Å². The van der Waals surface area contributed by atoms with Crippen molar-refractivity contribution in [3.8, 4) is 11.3 Å². The zero-order chi connectivity index (χ0) is 14.8. The van der Waals surface area contributed by atoms with E-state index < -0.39 is 4.92 Å². The molecule has 0 aliphatic rings. The van der Waals surface area contributed by atoms with Gasteiger partial charge in [0.05, 0.1) is 0 Å². The van der Waals surface area contributed by atoms with Crippen molar-refractivity contribution in [1.82, 2.24) is 14.7 Å². The molecule has 0 amide bonds. The monoisotopic (exact) mass is 288 g/mol. The molecule has 8 heteroatoms. The predicted octanol–water partition coefficient (Wildman–Crippen LogP) is 2.63. The first-order valence-corrected chi connectivity index (χ1v) is 6.00. The van der Waals surface area contributed by atoms with Gasteiger partial charge in [0.15, 0.2) is 5.76 Å². The van der Waals surface area contributed by atoms with E-state index >= 15 is 0 Å². The summed E-state index contributed by atoms with van der Waals surface area (Å²) in [6.45, 7) is 0.143. The molecule has 0 aliphatic heterocycles. The van der Waals surface area contributed by atoms with Crippen molar-refractivity contribution in [2.24, 2.45) is 0 Å². The summed E-state index contributed by atoms with van der Waals surface area (Å²) in [6.07, 6.45) is 2.83. The van der Waals surface area contributed by atoms with Gasteiger partial charge in [0.2, 0.25) is 0 Å². The Morgan fingerprint density at radius 2 is 2.10 bits per heavy atom. The molecule has 0 aliphatic carbocycles. The molecule has 3 rings (SSSR count). The van der Waals surface area contributed by atoms with E-state index in [1.165, 1.54) is 29.1 Å². The lowest BCUT2D eigenvalue weighted by atomic mass is 10.1. The summed E-state index contributed by atoms with van der Waals surface area (Å²) in [6, 6.07) is 7.46. The largest absolute Gasteiger partial charge is 0.434 e. The minimum atomic E-state index is -0.572. The number of rotatable bonds is 4. The quantitative estimate of drug-likeness (QED) is 0.544. The third-order valence-electron chi connectivity index (χ3n) is 2.88. The Morgan fingerprint density at radius 1 is 1.33 bits per heavy atom. The van der Waals surface area contributed by atoms with Gasteiger partial charge < -0.3 is 14.6 Å². The molecule has 0 radical (unpaired) electrons. The Balaban J connectivity index is 1.83. The van der Waals surface area contributed by atoms with Gasteiger partial charge in [-0.3, -0.25) is 0 Å². The molecule has 2 aromatic heterocycles. The maximum atomic E-state index is 12.9. The molecule has 0 atom stereocenters. The van der Waals surface area contributed by atoms with Crippen LogP contribution in [0, 0.1) is 15.9 Å². The maximum Gasteiger partial charge on any atom is 0.434 e. The lowest BCUT2D eigenvalue weighted by molar-refractivity contribution is -0.396. The Hall–Kier alpha value is -3.03. The van der Waals surface area contributed by atoms with E-state index in [9.17, 15) is 14.5 Å². The lowest BCUT2D eigenvalue weighted by Crippen LogP contribution is -2.03. The highest BCUT2D eigenvalue weighted by Gasteiger charge is 2.16.